The van der Waals surface area contributed by atoms with E-state index in [1.54, 1.807) is 0 Å². The molecule has 1 aromatic rings. The van der Waals surface area contributed by atoms with E-state index in [-0.39, 0.29) is 17.1 Å². The highest BCUT2D eigenvalue weighted by molar-refractivity contribution is 7.81. The number of hydrogen-bond donors (Lipinski definition) is 1. The van der Waals surface area contributed by atoms with Crippen LogP contribution in [0.1, 0.15) is 26.3 Å². The van der Waals surface area contributed by atoms with Gasteiger partial charge in [-0.2, -0.15) is 12.6 Å². The van der Waals surface area contributed by atoms with E-state index in [2.05, 4.69) is 25.6 Å². The van der Waals surface area contributed by atoms with Crippen LogP contribution in [0.15, 0.2) is 24.3 Å². The van der Waals surface area contributed by atoms with Crippen LogP contribution < -0.4 is 4.90 Å². The molecule has 2 nitrogen and oxygen atoms in total. The number of para-hydroxylation sites is 1. The zero-order valence-corrected chi connectivity index (χ0v) is 12.2. The summed E-state index contributed by atoms with van der Waals surface area (Å²) >= 11 is 4.46. The Balaban J connectivity index is 2.31. The van der Waals surface area contributed by atoms with Gasteiger partial charge in [0, 0.05) is 12.2 Å². The number of nitrogens with zero attached hydrogens (tertiary/aromatic N) is 1. The average Bonchev–Trinajstić information content (AvgIpc) is 2.35. The van der Waals surface area contributed by atoms with Crippen molar-refractivity contribution in [1.82, 2.24) is 0 Å². The van der Waals surface area contributed by atoms with E-state index in [0.29, 0.717) is 5.92 Å². The third-order valence-electron chi connectivity index (χ3n) is 3.50. The van der Waals surface area contributed by atoms with Gasteiger partial charge in [0.15, 0.2) is 0 Å². The van der Waals surface area contributed by atoms with Crippen LogP contribution in [0.5, 0.6) is 0 Å². The van der Waals surface area contributed by atoms with E-state index in [9.17, 15) is 4.79 Å². The number of fused-ring (bicyclic) bond motifs is 1. The molecule has 2 rings (SSSR count). The van der Waals surface area contributed by atoms with E-state index >= 15 is 0 Å². The predicted molar refractivity (Wildman–Crippen MR) is 79.3 cm³/mol. The number of anilines is 1. The molecule has 0 N–H and O–H groups in total. The van der Waals surface area contributed by atoms with Crippen molar-refractivity contribution in [3.8, 4) is 0 Å². The maximum Gasteiger partial charge on any atom is 0.240 e. The van der Waals surface area contributed by atoms with Gasteiger partial charge in [-0.05, 0) is 29.9 Å². The Kier molecular flexibility index (Phi) is 4.00. The molecule has 1 aromatic carbocycles. The number of hydrogen-bond acceptors (Lipinski definition) is 2. The Labute approximate surface area is 115 Å². The van der Waals surface area contributed by atoms with Gasteiger partial charge in [-0.1, -0.05) is 39.0 Å². The number of carbonyl (C=O) groups is 1. The molecule has 0 spiro atoms. The van der Waals surface area contributed by atoms with Crippen LogP contribution in [0.25, 0.3) is 0 Å². The molecule has 2 unspecified atom stereocenters. The van der Waals surface area contributed by atoms with Crippen molar-refractivity contribution in [2.24, 2.45) is 11.8 Å². The van der Waals surface area contributed by atoms with Gasteiger partial charge < -0.3 is 4.90 Å². The van der Waals surface area contributed by atoms with Crippen LogP contribution in [0, 0.1) is 11.8 Å². The lowest BCUT2D eigenvalue weighted by Crippen LogP contribution is -2.44. The van der Waals surface area contributed by atoms with E-state index in [0.717, 1.165) is 18.7 Å². The lowest BCUT2D eigenvalue weighted by molar-refractivity contribution is -0.118. The fraction of sp³-hybridized carbons (Fsp3) is 0.533. The van der Waals surface area contributed by atoms with Crippen molar-refractivity contribution in [3.63, 3.8) is 0 Å². The first kappa shape index (κ1) is 13.5. The third-order valence-corrected chi connectivity index (χ3v) is 4.31. The molecule has 3 heteroatoms. The average molecular weight is 263 g/mol. The molecule has 0 aliphatic carbocycles. The Hall–Kier alpha value is -0.960. The first-order chi connectivity index (χ1) is 8.50. The summed E-state index contributed by atoms with van der Waals surface area (Å²) in [6.45, 7) is 7.07. The molecule has 18 heavy (non-hydrogen) atoms. The smallest absolute Gasteiger partial charge is 0.240 e. The summed E-state index contributed by atoms with van der Waals surface area (Å²) in [6.07, 6.45) is 1.05. The maximum atomic E-state index is 12.5. The van der Waals surface area contributed by atoms with Crippen LogP contribution in [-0.2, 0) is 11.2 Å². The van der Waals surface area contributed by atoms with Gasteiger partial charge in [-0.15, -0.1) is 0 Å². The van der Waals surface area contributed by atoms with Crippen LogP contribution >= 0.6 is 12.6 Å². The molecule has 0 saturated heterocycles. The molecule has 1 aliphatic heterocycles. The van der Waals surface area contributed by atoms with E-state index in [1.807, 2.05) is 36.9 Å². The van der Waals surface area contributed by atoms with Gasteiger partial charge in [0.05, 0.1) is 5.25 Å². The van der Waals surface area contributed by atoms with Crippen LogP contribution in [-0.4, -0.2) is 17.7 Å². The Morgan fingerprint density at radius 2 is 2.06 bits per heavy atom. The number of benzene rings is 1. The molecule has 0 bridgehead atoms. The van der Waals surface area contributed by atoms with E-state index in [1.165, 1.54) is 5.56 Å². The zero-order chi connectivity index (χ0) is 13.3. The molecule has 0 saturated carbocycles. The molecular formula is C15H21NOS. The predicted octanol–water partition coefficient (Wildman–Crippen LogP) is 3.17. The minimum absolute atomic E-state index is 0.132. The minimum atomic E-state index is -0.219. The first-order valence-corrected chi connectivity index (χ1v) is 7.09. The van der Waals surface area contributed by atoms with Crippen molar-refractivity contribution >= 4 is 24.2 Å². The summed E-state index contributed by atoms with van der Waals surface area (Å²) in [4.78, 5) is 14.4. The van der Waals surface area contributed by atoms with E-state index < -0.39 is 0 Å². The van der Waals surface area contributed by atoms with Crippen LogP contribution in [0.4, 0.5) is 5.69 Å². The zero-order valence-electron chi connectivity index (χ0n) is 11.3. The summed E-state index contributed by atoms with van der Waals surface area (Å²) in [6, 6.07) is 8.20. The van der Waals surface area contributed by atoms with Crippen molar-refractivity contribution in [2.75, 3.05) is 11.4 Å². The summed E-state index contributed by atoms with van der Waals surface area (Å²) in [5.41, 5.74) is 2.34. The monoisotopic (exact) mass is 263 g/mol. The standard InChI is InChI=1S/C15H21NOS/c1-10(2)14(18)15(17)16-9-11(3)8-12-6-4-5-7-13(12)16/h4-7,10-11,14,18H,8-9H2,1-3H3. The quantitative estimate of drug-likeness (QED) is 0.813. The van der Waals surface area contributed by atoms with Gasteiger partial charge in [0.2, 0.25) is 5.91 Å². The number of rotatable bonds is 2. The molecule has 1 aliphatic rings. The highest BCUT2D eigenvalue weighted by Gasteiger charge is 2.30. The minimum Gasteiger partial charge on any atom is -0.311 e. The normalized spacial score (nSPS) is 20.7. The van der Waals surface area contributed by atoms with Crippen molar-refractivity contribution in [3.05, 3.63) is 29.8 Å². The molecule has 2 atom stereocenters. The summed E-state index contributed by atoms with van der Waals surface area (Å²) in [5.74, 6) is 0.897. The lowest BCUT2D eigenvalue weighted by Gasteiger charge is -2.35. The highest BCUT2D eigenvalue weighted by Crippen LogP contribution is 2.31. The third kappa shape index (κ3) is 2.56. The summed E-state index contributed by atoms with van der Waals surface area (Å²) in [5, 5.41) is -0.219. The van der Waals surface area contributed by atoms with Gasteiger partial charge in [-0.25, -0.2) is 0 Å². The Morgan fingerprint density at radius 3 is 2.72 bits per heavy atom. The van der Waals surface area contributed by atoms with Crippen molar-refractivity contribution in [2.45, 2.75) is 32.4 Å². The molecular weight excluding hydrogens is 242 g/mol. The molecule has 0 fully saturated rings. The second-order valence-electron chi connectivity index (χ2n) is 5.58. The Morgan fingerprint density at radius 1 is 1.39 bits per heavy atom. The van der Waals surface area contributed by atoms with Gasteiger partial charge >= 0.3 is 0 Å². The van der Waals surface area contributed by atoms with Crippen LogP contribution in [0.3, 0.4) is 0 Å². The fourth-order valence-corrected chi connectivity index (χ4v) is 2.59. The summed E-state index contributed by atoms with van der Waals surface area (Å²) < 4.78 is 0. The topological polar surface area (TPSA) is 20.3 Å². The van der Waals surface area contributed by atoms with Gasteiger partial charge in [0.25, 0.3) is 0 Å². The molecule has 0 radical (unpaired) electrons. The lowest BCUT2D eigenvalue weighted by atomic mass is 9.93. The number of amides is 1. The fourth-order valence-electron chi connectivity index (χ4n) is 2.45. The SMILES string of the molecule is CC1Cc2ccccc2N(C(=O)C(S)C(C)C)C1. The summed E-state index contributed by atoms with van der Waals surface area (Å²) in [7, 11) is 0. The molecule has 1 amide bonds. The second-order valence-corrected chi connectivity index (χ2v) is 6.13. The highest BCUT2D eigenvalue weighted by atomic mass is 32.1. The Bertz CT molecular complexity index is 444. The van der Waals surface area contributed by atoms with Crippen molar-refractivity contribution in [1.29, 1.82) is 0 Å². The number of thiol groups is 1. The van der Waals surface area contributed by atoms with Gasteiger partial charge in [-0.3, -0.25) is 4.79 Å². The van der Waals surface area contributed by atoms with Crippen LogP contribution in [0.2, 0.25) is 0 Å². The van der Waals surface area contributed by atoms with E-state index in [4.69, 9.17) is 0 Å². The largest absolute Gasteiger partial charge is 0.311 e. The first-order valence-electron chi connectivity index (χ1n) is 6.58. The molecule has 0 aromatic heterocycles. The molecule has 98 valence electrons. The maximum absolute atomic E-state index is 12.5. The number of carbonyl (C=O) groups excluding carboxylic acids is 1. The van der Waals surface area contributed by atoms with Crippen molar-refractivity contribution < 1.29 is 4.79 Å². The second kappa shape index (κ2) is 5.35. The molecule has 1 heterocycles. The van der Waals surface area contributed by atoms with Gasteiger partial charge in [0.1, 0.15) is 0 Å².